The Morgan fingerprint density at radius 1 is 1.43 bits per heavy atom. The highest BCUT2D eigenvalue weighted by atomic mass is 16.5. The zero-order chi connectivity index (χ0) is 14.8. The van der Waals surface area contributed by atoms with Crippen LogP contribution in [0.2, 0.25) is 0 Å². The van der Waals surface area contributed by atoms with Crippen LogP contribution >= 0.6 is 0 Å². The number of aromatic nitrogens is 2. The van der Waals surface area contributed by atoms with E-state index in [1.54, 1.807) is 6.20 Å². The summed E-state index contributed by atoms with van der Waals surface area (Å²) < 4.78 is 7.67. The first kappa shape index (κ1) is 13.8. The van der Waals surface area contributed by atoms with Gasteiger partial charge in [0.2, 0.25) is 0 Å². The fourth-order valence-electron chi connectivity index (χ4n) is 2.65. The van der Waals surface area contributed by atoms with Crippen LogP contribution in [0.15, 0.2) is 36.7 Å². The number of hydrogen-bond donors (Lipinski definition) is 0. The summed E-state index contributed by atoms with van der Waals surface area (Å²) >= 11 is 0. The third kappa shape index (κ3) is 2.83. The smallest absolute Gasteiger partial charge is 0.270 e. The summed E-state index contributed by atoms with van der Waals surface area (Å²) in [6, 6.07) is 7.70. The lowest BCUT2D eigenvalue weighted by Gasteiger charge is -2.33. The molecule has 0 spiro atoms. The van der Waals surface area contributed by atoms with Crippen LogP contribution < -0.4 is 0 Å². The zero-order valence-electron chi connectivity index (χ0n) is 12.3. The maximum Gasteiger partial charge on any atom is 0.270 e. The standard InChI is InChI=1S/C16H19N3O2/c1-12-10-13(5-6-17-12)15-11-19(8-9-21-15)16(20)14-4-3-7-18(14)2/h3-7,10,15H,8-9,11H2,1-2H3/t15-/m1/s1. The molecule has 0 N–H and O–H groups in total. The molecule has 0 saturated carbocycles. The average molecular weight is 285 g/mol. The van der Waals surface area contributed by atoms with E-state index in [1.807, 2.05) is 53.9 Å². The first-order valence-electron chi connectivity index (χ1n) is 7.10. The van der Waals surface area contributed by atoms with Crippen molar-refractivity contribution in [3.8, 4) is 0 Å². The number of morpholine rings is 1. The molecular formula is C16H19N3O2. The first-order valence-corrected chi connectivity index (χ1v) is 7.10. The summed E-state index contributed by atoms with van der Waals surface area (Å²) in [6.45, 7) is 3.72. The van der Waals surface area contributed by atoms with Crippen molar-refractivity contribution in [3.63, 3.8) is 0 Å². The van der Waals surface area contributed by atoms with E-state index in [2.05, 4.69) is 4.98 Å². The molecule has 1 amide bonds. The predicted octanol–water partition coefficient (Wildman–Crippen LogP) is 1.94. The van der Waals surface area contributed by atoms with Gasteiger partial charge in [-0.2, -0.15) is 0 Å². The summed E-state index contributed by atoms with van der Waals surface area (Å²) in [5.41, 5.74) is 2.75. The van der Waals surface area contributed by atoms with Crippen LogP contribution in [0.25, 0.3) is 0 Å². The van der Waals surface area contributed by atoms with Gasteiger partial charge in [-0.15, -0.1) is 0 Å². The summed E-state index contributed by atoms with van der Waals surface area (Å²) in [5, 5.41) is 0. The van der Waals surface area contributed by atoms with Crippen LogP contribution in [0.1, 0.15) is 27.8 Å². The quantitative estimate of drug-likeness (QED) is 0.847. The molecule has 1 aliphatic heterocycles. The monoisotopic (exact) mass is 285 g/mol. The third-order valence-electron chi connectivity index (χ3n) is 3.81. The van der Waals surface area contributed by atoms with Crippen LogP contribution in [0.4, 0.5) is 0 Å². The molecule has 1 aliphatic rings. The van der Waals surface area contributed by atoms with Crippen molar-refractivity contribution in [1.82, 2.24) is 14.5 Å². The number of aryl methyl sites for hydroxylation is 2. The summed E-state index contributed by atoms with van der Waals surface area (Å²) in [5.74, 6) is 0.0570. The molecule has 0 bridgehead atoms. The van der Waals surface area contributed by atoms with Crippen molar-refractivity contribution in [2.24, 2.45) is 7.05 Å². The lowest BCUT2D eigenvalue weighted by atomic mass is 10.1. The van der Waals surface area contributed by atoms with Crippen molar-refractivity contribution in [3.05, 3.63) is 53.6 Å². The van der Waals surface area contributed by atoms with E-state index in [0.29, 0.717) is 25.4 Å². The lowest BCUT2D eigenvalue weighted by Crippen LogP contribution is -2.42. The number of amides is 1. The Bertz CT molecular complexity index is 650. The SMILES string of the molecule is Cc1cc([C@H]2CN(C(=O)c3cccn3C)CCO2)ccn1. The minimum Gasteiger partial charge on any atom is -0.370 e. The van der Waals surface area contributed by atoms with E-state index in [9.17, 15) is 4.79 Å². The Morgan fingerprint density at radius 2 is 2.29 bits per heavy atom. The number of ether oxygens (including phenoxy) is 1. The molecule has 2 aromatic rings. The normalized spacial score (nSPS) is 18.8. The number of carbonyl (C=O) groups excluding carboxylic acids is 1. The van der Waals surface area contributed by atoms with E-state index in [4.69, 9.17) is 4.74 Å². The summed E-state index contributed by atoms with van der Waals surface area (Å²) in [4.78, 5) is 18.6. The van der Waals surface area contributed by atoms with Gasteiger partial charge in [0.05, 0.1) is 13.2 Å². The molecular weight excluding hydrogens is 266 g/mol. The molecule has 1 saturated heterocycles. The molecule has 5 nitrogen and oxygen atoms in total. The van der Waals surface area contributed by atoms with Crippen molar-refractivity contribution in [2.45, 2.75) is 13.0 Å². The van der Waals surface area contributed by atoms with Crippen molar-refractivity contribution in [2.75, 3.05) is 19.7 Å². The molecule has 3 rings (SSSR count). The topological polar surface area (TPSA) is 47.4 Å². The summed E-state index contributed by atoms with van der Waals surface area (Å²) in [7, 11) is 1.89. The van der Waals surface area contributed by atoms with Gasteiger partial charge in [-0.3, -0.25) is 9.78 Å². The van der Waals surface area contributed by atoms with Gasteiger partial charge in [0, 0.05) is 31.7 Å². The minimum atomic E-state index is -0.0790. The fraction of sp³-hybridized carbons (Fsp3) is 0.375. The highest BCUT2D eigenvalue weighted by Gasteiger charge is 2.27. The molecule has 0 radical (unpaired) electrons. The van der Waals surface area contributed by atoms with Crippen molar-refractivity contribution < 1.29 is 9.53 Å². The average Bonchev–Trinajstić information content (AvgIpc) is 2.93. The van der Waals surface area contributed by atoms with E-state index in [-0.39, 0.29) is 12.0 Å². The molecule has 3 heterocycles. The molecule has 1 fully saturated rings. The molecule has 0 aliphatic carbocycles. The highest BCUT2D eigenvalue weighted by molar-refractivity contribution is 5.92. The Morgan fingerprint density at radius 3 is 3.00 bits per heavy atom. The van der Waals surface area contributed by atoms with E-state index in [0.717, 1.165) is 11.3 Å². The largest absolute Gasteiger partial charge is 0.370 e. The second-order valence-electron chi connectivity index (χ2n) is 5.35. The van der Waals surface area contributed by atoms with Crippen LogP contribution in [-0.2, 0) is 11.8 Å². The molecule has 110 valence electrons. The Balaban J connectivity index is 1.77. The Kier molecular flexibility index (Phi) is 3.75. The van der Waals surface area contributed by atoms with E-state index in [1.165, 1.54) is 0 Å². The number of nitrogens with zero attached hydrogens (tertiary/aromatic N) is 3. The van der Waals surface area contributed by atoms with Gasteiger partial charge in [-0.25, -0.2) is 0 Å². The zero-order valence-corrected chi connectivity index (χ0v) is 12.3. The Labute approximate surface area is 124 Å². The van der Waals surface area contributed by atoms with Gasteiger partial charge < -0.3 is 14.2 Å². The van der Waals surface area contributed by atoms with Crippen molar-refractivity contribution in [1.29, 1.82) is 0 Å². The maximum atomic E-state index is 12.6. The number of carbonyl (C=O) groups is 1. The van der Waals surface area contributed by atoms with Gasteiger partial charge in [0.15, 0.2) is 0 Å². The molecule has 5 heteroatoms. The molecule has 1 atom stereocenters. The van der Waals surface area contributed by atoms with Crippen LogP contribution in [0, 0.1) is 6.92 Å². The molecule has 0 unspecified atom stereocenters. The van der Waals surface area contributed by atoms with Crippen LogP contribution in [0.3, 0.4) is 0 Å². The maximum absolute atomic E-state index is 12.6. The first-order chi connectivity index (χ1) is 10.1. The van der Waals surface area contributed by atoms with Crippen molar-refractivity contribution >= 4 is 5.91 Å². The summed E-state index contributed by atoms with van der Waals surface area (Å²) in [6.07, 6.45) is 3.59. The minimum absolute atomic E-state index is 0.0570. The second-order valence-corrected chi connectivity index (χ2v) is 5.35. The molecule has 21 heavy (non-hydrogen) atoms. The molecule has 0 aromatic carbocycles. The number of rotatable bonds is 2. The van der Waals surface area contributed by atoms with Gasteiger partial charge in [0.1, 0.15) is 11.8 Å². The van der Waals surface area contributed by atoms with Gasteiger partial charge in [0.25, 0.3) is 5.91 Å². The van der Waals surface area contributed by atoms with Gasteiger partial charge in [-0.1, -0.05) is 0 Å². The van der Waals surface area contributed by atoms with Crippen LogP contribution in [-0.4, -0.2) is 40.1 Å². The number of hydrogen-bond acceptors (Lipinski definition) is 3. The van der Waals surface area contributed by atoms with Crippen LogP contribution in [0.5, 0.6) is 0 Å². The van der Waals surface area contributed by atoms with Gasteiger partial charge >= 0.3 is 0 Å². The Hall–Kier alpha value is -2.14. The third-order valence-corrected chi connectivity index (χ3v) is 3.81. The van der Waals surface area contributed by atoms with Gasteiger partial charge in [-0.05, 0) is 36.8 Å². The number of pyridine rings is 1. The fourth-order valence-corrected chi connectivity index (χ4v) is 2.65. The lowest BCUT2D eigenvalue weighted by molar-refractivity contribution is -0.0231. The predicted molar refractivity (Wildman–Crippen MR) is 79.0 cm³/mol. The van der Waals surface area contributed by atoms with E-state index < -0.39 is 0 Å². The second kappa shape index (κ2) is 5.69. The molecule has 2 aromatic heterocycles. The highest BCUT2D eigenvalue weighted by Crippen LogP contribution is 2.23. The van der Waals surface area contributed by atoms with E-state index >= 15 is 0 Å².